The summed E-state index contributed by atoms with van der Waals surface area (Å²) < 4.78 is 0. The van der Waals surface area contributed by atoms with E-state index in [1.165, 1.54) is 35.1 Å². The van der Waals surface area contributed by atoms with Crippen LogP contribution in [0.15, 0.2) is 36.5 Å². The van der Waals surface area contributed by atoms with Gasteiger partial charge in [-0.15, -0.1) is 0 Å². The highest BCUT2D eigenvalue weighted by Gasteiger charge is 2.51. The van der Waals surface area contributed by atoms with Gasteiger partial charge in [-0.1, -0.05) is 19.1 Å². The monoisotopic (exact) mass is 374 g/mol. The molecule has 0 saturated heterocycles. The summed E-state index contributed by atoms with van der Waals surface area (Å²) in [5.74, 6) is 1.07. The molecule has 4 heteroatoms. The standard InChI is InChI=1S/C24H26N2O2/c1-14-11-17(13-25-26-14)21-7-8-22-20-6-3-15-12-16(23(27)28)4-5-18(15)19(20)9-10-24(21,22)2/h4-5,7,11-13,19-20,22H,3,6,8-10H2,1-2H3,(H,27,28)/t19-,20-,22+,24-/m1/s1. The molecular weight excluding hydrogens is 348 g/mol. The van der Waals surface area contributed by atoms with Gasteiger partial charge in [0.15, 0.2) is 0 Å². The van der Waals surface area contributed by atoms with Crippen molar-refractivity contribution in [2.24, 2.45) is 17.3 Å². The number of aromatic carboxylic acids is 1. The zero-order valence-corrected chi connectivity index (χ0v) is 16.5. The molecule has 1 saturated carbocycles. The zero-order valence-electron chi connectivity index (χ0n) is 16.5. The van der Waals surface area contributed by atoms with Crippen molar-refractivity contribution in [2.75, 3.05) is 0 Å². The van der Waals surface area contributed by atoms with Gasteiger partial charge in [0.1, 0.15) is 0 Å². The van der Waals surface area contributed by atoms with E-state index in [1.54, 1.807) is 6.07 Å². The number of aryl methyl sites for hydroxylation is 2. The average molecular weight is 374 g/mol. The molecular formula is C24H26N2O2. The lowest BCUT2D eigenvalue weighted by molar-refractivity contribution is 0.0696. The Kier molecular flexibility index (Phi) is 3.94. The maximum atomic E-state index is 11.3. The van der Waals surface area contributed by atoms with E-state index < -0.39 is 5.97 Å². The quantitative estimate of drug-likeness (QED) is 0.800. The Morgan fingerprint density at radius 2 is 2.11 bits per heavy atom. The Bertz CT molecular complexity index is 996. The fourth-order valence-corrected chi connectivity index (χ4v) is 6.35. The van der Waals surface area contributed by atoms with Gasteiger partial charge in [0, 0.05) is 0 Å². The highest BCUT2D eigenvalue weighted by Crippen LogP contribution is 2.63. The average Bonchev–Trinajstić information content (AvgIpc) is 3.04. The number of aromatic nitrogens is 2. The molecule has 5 rings (SSSR count). The first-order valence-corrected chi connectivity index (χ1v) is 10.3. The third-order valence-electron chi connectivity index (χ3n) is 7.64. The van der Waals surface area contributed by atoms with Crippen molar-refractivity contribution in [1.82, 2.24) is 10.2 Å². The van der Waals surface area contributed by atoms with Crippen molar-refractivity contribution in [2.45, 2.75) is 51.9 Å². The van der Waals surface area contributed by atoms with Crippen LogP contribution in [0.2, 0.25) is 0 Å². The first kappa shape index (κ1) is 17.6. The third-order valence-corrected chi connectivity index (χ3v) is 7.64. The first-order chi connectivity index (χ1) is 13.5. The van der Waals surface area contributed by atoms with Gasteiger partial charge in [0.2, 0.25) is 0 Å². The SMILES string of the molecule is Cc1cc(C2=CC[C@H]3[C@@H]4CCc5cc(C(=O)O)ccc5[C@H]4CC[C@]23C)cnn1. The highest BCUT2D eigenvalue weighted by atomic mass is 16.4. The van der Waals surface area contributed by atoms with Crippen molar-refractivity contribution < 1.29 is 9.90 Å². The van der Waals surface area contributed by atoms with Crippen LogP contribution in [0.3, 0.4) is 0 Å². The Labute approximate surface area is 165 Å². The van der Waals surface area contributed by atoms with Crippen LogP contribution in [0.5, 0.6) is 0 Å². The summed E-state index contributed by atoms with van der Waals surface area (Å²) in [6.07, 6.45) is 10.0. The van der Waals surface area contributed by atoms with Crippen molar-refractivity contribution in [3.05, 3.63) is 64.5 Å². The number of allylic oxidation sites excluding steroid dienone is 2. The molecule has 0 unspecified atom stereocenters. The lowest BCUT2D eigenvalue weighted by Crippen LogP contribution is -2.41. The molecule has 4 atom stereocenters. The predicted molar refractivity (Wildman–Crippen MR) is 108 cm³/mol. The molecule has 0 bridgehead atoms. The summed E-state index contributed by atoms with van der Waals surface area (Å²) in [6.45, 7) is 4.46. The number of hydrogen-bond acceptors (Lipinski definition) is 3. The lowest BCUT2D eigenvalue weighted by atomic mass is 9.54. The van der Waals surface area contributed by atoms with E-state index in [4.69, 9.17) is 0 Å². The molecule has 1 fully saturated rings. The molecule has 28 heavy (non-hydrogen) atoms. The number of carboxylic acid groups (broad SMARTS) is 1. The minimum Gasteiger partial charge on any atom is -0.478 e. The van der Waals surface area contributed by atoms with E-state index in [0.717, 1.165) is 25.0 Å². The molecule has 1 N–H and O–H groups in total. The molecule has 1 heterocycles. The van der Waals surface area contributed by atoms with Crippen LogP contribution < -0.4 is 0 Å². The molecule has 0 amide bonds. The van der Waals surface area contributed by atoms with Crippen LogP contribution in [-0.2, 0) is 6.42 Å². The number of carboxylic acids is 1. The molecule has 144 valence electrons. The number of benzene rings is 1. The van der Waals surface area contributed by atoms with Crippen molar-refractivity contribution in [1.29, 1.82) is 0 Å². The molecule has 1 aromatic heterocycles. The second-order valence-corrected chi connectivity index (χ2v) is 9.03. The topological polar surface area (TPSA) is 63.1 Å². The third kappa shape index (κ3) is 2.54. The van der Waals surface area contributed by atoms with E-state index in [0.29, 0.717) is 23.3 Å². The van der Waals surface area contributed by atoms with E-state index in [2.05, 4.69) is 35.3 Å². The van der Waals surface area contributed by atoms with Crippen LogP contribution in [0.4, 0.5) is 0 Å². The fourth-order valence-electron chi connectivity index (χ4n) is 6.35. The van der Waals surface area contributed by atoms with Crippen molar-refractivity contribution in [3.63, 3.8) is 0 Å². The van der Waals surface area contributed by atoms with E-state index in [-0.39, 0.29) is 5.41 Å². The second-order valence-electron chi connectivity index (χ2n) is 9.03. The highest BCUT2D eigenvalue weighted by molar-refractivity contribution is 5.88. The van der Waals surface area contributed by atoms with Crippen LogP contribution in [0, 0.1) is 24.2 Å². The summed E-state index contributed by atoms with van der Waals surface area (Å²) in [5.41, 5.74) is 6.94. The molecule has 3 aliphatic carbocycles. The maximum absolute atomic E-state index is 11.3. The smallest absolute Gasteiger partial charge is 0.335 e. The Hall–Kier alpha value is -2.49. The van der Waals surface area contributed by atoms with Gasteiger partial charge in [-0.25, -0.2) is 4.79 Å². The maximum Gasteiger partial charge on any atom is 0.335 e. The molecule has 3 aliphatic rings. The largest absolute Gasteiger partial charge is 0.478 e. The summed E-state index contributed by atoms with van der Waals surface area (Å²) in [5, 5.41) is 17.6. The number of fused-ring (bicyclic) bond motifs is 5. The summed E-state index contributed by atoms with van der Waals surface area (Å²) in [7, 11) is 0. The van der Waals surface area contributed by atoms with Crippen molar-refractivity contribution >= 4 is 11.5 Å². The predicted octanol–water partition coefficient (Wildman–Crippen LogP) is 5.03. The Balaban J connectivity index is 1.47. The zero-order chi connectivity index (χ0) is 19.5. The summed E-state index contributed by atoms with van der Waals surface area (Å²) in [4.78, 5) is 11.3. The number of carbonyl (C=O) groups is 1. The van der Waals surface area contributed by atoms with Crippen LogP contribution >= 0.6 is 0 Å². The van der Waals surface area contributed by atoms with Gasteiger partial charge in [-0.2, -0.15) is 10.2 Å². The summed E-state index contributed by atoms with van der Waals surface area (Å²) in [6, 6.07) is 7.96. The minimum absolute atomic E-state index is 0.204. The fraction of sp³-hybridized carbons (Fsp3) is 0.458. The normalized spacial score (nSPS) is 30.8. The van der Waals surface area contributed by atoms with Gasteiger partial charge in [0.05, 0.1) is 17.5 Å². The molecule has 0 spiro atoms. The van der Waals surface area contributed by atoms with Gasteiger partial charge in [-0.3, -0.25) is 0 Å². The van der Waals surface area contributed by atoms with Gasteiger partial charge < -0.3 is 5.11 Å². The van der Waals surface area contributed by atoms with Crippen LogP contribution in [0.1, 0.15) is 71.3 Å². The van der Waals surface area contributed by atoms with Crippen LogP contribution in [-0.4, -0.2) is 21.3 Å². The molecule has 4 nitrogen and oxygen atoms in total. The van der Waals surface area contributed by atoms with Gasteiger partial charge in [-0.05, 0) is 103 Å². The van der Waals surface area contributed by atoms with E-state index >= 15 is 0 Å². The van der Waals surface area contributed by atoms with Crippen LogP contribution in [0.25, 0.3) is 5.57 Å². The van der Waals surface area contributed by atoms with E-state index in [9.17, 15) is 9.90 Å². The molecule has 0 radical (unpaired) electrons. The van der Waals surface area contributed by atoms with E-state index in [1.807, 2.05) is 19.2 Å². The minimum atomic E-state index is -0.827. The Morgan fingerprint density at radius 1 is 1.25 bits per heavy atom. The molecule has 1 aromatic carbocycles. The second kappa shape index (κ2) is 6.26. The Morgan fingerprint density at radius 3 is 2.89 bits per heavy atom. The lowest BCUT2D eigenvalue weighted by Gasteiger charge is -2.50. The molecule has 2 aromatic rings. The number of nitrogens with zero attached hydrogens (tertiary/aromatic N) is 2. The molecule has 0 aliphatic heterocycles. The number of hydrogen-bond donors (Lipinski definition) is 1. The summed E-state index contributed by atoms with van der Waals surface area (Å²) >= 11 is 0. The van der Waals surface area contributed by atoms with Gasteiger partial charge >= 0.3 is 5.97 Å². The van der Waals surface area contributed by atoms with Gasteiger partial charge in [0.25, 0.3) is 0 Å². The number of rotatable bonds is 2. The van der Waals surface area contributed by atoms with Crippen molar-refractivity contribution in [3.8, 4) is 0 Å². The first-order valence-electron chi connectivity index (χ1n) is 10.3.